The molecule has 6 heteroatoms. The fraction of sp³-hybridized carbons (Fsp3) is 0.529. The Morgan fingerprint density at radius 1 is 1.17 bits per heavy atom. The zero-order valence-corrected chi connectivity index (χ0v) is 13.2. The Morgan fingerprint density at radius 3 is 2.65 bits per heavy atom. The van der Waals surface area contributed by atoms with E-state index in [-0.39, 0.29) is 24.3 Å². The summed E-state index contributed by atoms with van der Waals surface area (Å²) in [5.41, 5.74) is 0.812. The van der Waals surface area contributed by atoms with Crippen LogP contribution in [0.1, 0.15) is 32.1 Å². The van der Waals surface area contributed by atoms with Crippen molar-refractivity contribution >= 4 is 17.8 Å². The fourth-order valence-electron chi connectivity index (χ4n) is 3.14. The van der Waals surface area contributed by atoms with Gasteiger partial charge in [-0.2, -0.15) is 0 Å². The van der Waals surface area contributed by atoms with Gasteiger partial charge in [-0.05, 0) is 25.0 Å². The van der Waals surface area contributed by atoms with Crippen LogP contribution in [0.2, 0.25) is 0 Å². The summed E-state index contributed by atoms with van der Waals surface area (Å²) in [6.07, 6.45) is 5.03. The summed E-state index contributed by atoms with van der Waals surface area (Å²) in [4.78, 5) is 25.4. The van der Waals surface area contributed by atoms with Crippen LogP contribution < -0.4 is 15.5 Å². The number of nitrogens with one attached hydrogen (secondary N) is 2. The summed E-state index contributed by atoms with van der Waals surface area (Å²) in [7, 11) is 0. The van der Waals surface area contributed by atoms with Crippen molar-refractivity contribution in [2.24, 2.45) is 0 Å². The van der Waals surface area contributed by atoms with Crippen LogP contribution in [0.4, 0.5) is 15.3 Å². The molecule has 1 saturated carbocycles. The Balaban J connectivity index is 1.44. The lowest BCUT2D eigenvalue weighted by atomic mass is 9.96. The second-order valence-corrected chi connectivity index (χ2v) is 6.14. The third-order valence-electron chi connectivity index (χ3n) is 4.37. The van der Waals surface area contributed by atoms with Crippen LogP contribution in [0.3, 0.4) is 0 Å². The highest BCUT2D eigenvalue weighted by molar-refractivity contribution is 5.89. The van der Waals surface area contributed by atoms with E-state index in [1.807, 2.05) is 30.3 Å². The van der Waals surface area contributed by atoms with E-state index in [0.29, 0.717) is 13.1 Å². The minimum Gasteiger partial charge on any atom is -0.442 e. The van der Waals surface area contributed by atoms with Gasteiger partial charge in [-0.25, -0.2) is 9.59 Å². The summed E-state index contributed by atoms with van der Waals surface area (Å²) in [5, 5.41) is 5.80. The van der Waals surface area contributed by atoms with Crippen LogP contribution in [0.25, 0.3) is 0 Å². The number of urea groups is 1. The quantitative estimate of drug-likeness (QED) is 0.897. The number of para-hydroxylation sites is 1. The highest BCUT2D eigenvalue weighted by Gasteiger charge is 2.32. The Labute approximate surface area is 136 Å². The molecule has 1 aromatic rings. The first-order valence-corrected chi connectivity index (χ1v) is 8.30. The highest BCUT2D eigenvalue weighted by Crippen LogP contribution is 2.21. The zero-order valence-electron chi connectivity index (χ0n) is 13.2. The molecular formula is C17H23N3O3. The van der Waals surface area contributed by atoms with Crippen molar-refractivity contribution in [1.82, 2.24) is 10.6 Å². The first-order chi connectivity index (χ1) is 11.2. The predicted octanol–water partition coefficient (Wildman–Crippen LogP) is 2.64. The van der Waals surface area contributed by atoms with Gasteiger partial charge >= 0.3 is 12.1 Å². The fourth-order valence-corrected chi connectivity index (χ4v) is 3.14. The van der Waals surface area contributed by atoms with Crippen LogP contribution in [-0.4, -0.2) is 37.4 Å². The molecule has 0 radical (unpaired) electrons. The van der Waals surface area contributed by atoms with Gasteiger partial charge < -0.3 is 15.4 Å². The monoisotopic (exact) mass is 317 g/mol. The lowest BCUT2D eigenvalue weighted by Crippen LogP contribution is -2.45. The Hall–Kier alpha value is -2.24. The first kappa shape index (κ1) is 15.6. The van der Waals surface area contributed by atoms with Gasteiger partial charge in [-0.15, -0.1) is 0 Å². The van der Waals surface area contributed by atoms with E-state index in [1.165, 1.54) is 19.3 Å². The molecule has 23 heavy (non-hydrogen) atoms. The number of hydrogen-bond donors (Lipinski definition) is 2. The van der Waals surface area contributed by atoms with Crippen molar-refractivity contribution in [2.45, 2.75) is 44.2 Å². The SMILES string of the molecule is O=C(NCC1CN(c2ccccc2)C(=O)O1)NC1CCCCC1. The van der Waals surface area contributed by atoms with Crippen LogP contribution >= 0.6 is 0 Å². The van der Waals surface area contributed by atoms with Crippen molar-refractivity contribution in [2.75, 3.05) is 18.0 Å². The van der Waals surface area contributed by atoms with Gasteiger partial charge in [-0.1, -0.05) is 37.5 Å². The summed E-state index contributed by atoms with van der Waals surface area (Å²) in [6, 6.07) is 9.50. The second-order valence-electron chi connectivity index (χ2n) is 6.14. The third kappa shape index (κ3) is 4.15. The molecule has 2 aliphatic rings. The molecule has 1 atom stereocenters. The topological polar surface area (TPSA) is 70.7 Å². The molecule has 1 aliphatic carbocycles. The molecule has 0 spiro atoms. The zero-order chi connectivity index (χ0) is 16.1. The molecule has 0 aromatic heterocycles. The Bertz CT molecular complexity index is 543. The summed E-state index contributed by atoms with van der Waals surface area (Å²) in [5.74, 6) is 0. The molecule has 1 unspecified atom stereocenters. The van der Waals surface area contributed by atoms with Crippen LogP contribution in [-0.2, 0) is 4.74 Å². The molecule has 124 valence electrons. The minimum atomic E-state index is -0.365. The summed E-state index contributed by atoms with van der Waals surface area (Å²) in [6.45, 7) is 0.778. The van der Waals surface area contributed by atoms with E-state index in [1.54, 1.807) is 4.90 Å². The predicted molar refractivity (Wildman–Crippen MR) is 87.5 cm³/mol. The maximum Gasteiger partial charge on any atom is 0.414 e. The van der Waals surface area contributed by atoms with Gasteiger partial charge in [0.15, 0.2) is 0 Å². The second kappa shape index (κ2) is 7.35. The summed E-state index contributed by atoms with van der Waals surface area (Å²) >= 11 is 0. The number of cyclic esters (lactones) is 1. The molecule has 6 nitrogen and oxygen atoms in total. The maximum atomic E-state index is 11.9. The molecule has 2 fully saturated rings. The molecule has 1 aliphatic heterocycles. The third-order valence-corrected chi connectivity index (χ3v) is 4.37. The highest BCUT2D eigenvalue weighted by atomic mass is 16.6. The lowest BCUT2D eigenvalue weighted by Gasteiger charge is -2.23. The number of carbonyl (C=O) groups is 2. The number of carbonyl (C=O) groups excluding carboxylic acids is 2. The smallest absolute Gasteiger partial charge is 0.414 e. The number of hydrogen-bond acceptors (Lipinski definition) is 3. The van der Waals surface area contributed by atoms with E-state index in [0.717, 1.165) is 18.5 Å². The van der Waals surface area contributed by atoms with Crippen molar-refractivity contribution in [3.63, 3.8) is 0 Å². The van der Waals surface area contributed by atoms with Crippen molar-refractivity contribution in [3.8, 4) is 0 Å². The number of amides is 3. The molecule has 3 amide bonds. The number of nitrogens with zero attached hydrogens (tertiary/aromatic N) is 1. The molecule has 3 rings (SSSR count). The van der Waals surface area contributed by atoms with Crippen molar-refractivity contribution < 1.29 is 14.3 Å². The van der Waals surface area contributed by atoms with E-state index >= 15 is 0 Å². The minimum absolute atomic E-state index is 0.175. The lowest BCUT2D eigenvalue weighted by molar-refractivity contribution is 0.140. The van der Waals surface area contributed by atoms with E-state index in [2.05, 4.69) is 10.6 Å². The molecule has 1 saturated heterocycles. The average Bonchev–Trinajstić information content (AvgIpc) is 2.96. The molecule has 2 N–H and O–H groups in total. The van der Waals surface area contributed by atoms with Gasteiger partial charge in [0.1, 0.15) is 6.10 Å². The number of rotatable bonds is 4. The van der Waals surface area contributed by atoms with E-state index in [4.69, 9.17) is 4.74 Å². The number of ether oxygens (including phenoxy) is 1. The van der Waals surface area contributed by atoms with E-state index in [9.17, 15) is 9.59 Å². The van der Waals surface area contributed by atoms with Gasteiger partial charge in [0, 0.05) is 11.7 Å². The number of benzene rings is 1. The maximum absolute atomic E-state index is 11.9. The molecule has 1 heterocycles. The van der Waals surface area contributed by atoms with Crippen molar-refractivity contribution in [1.29, 1.82) is 0 Å². The van der Waals surface area contributed by atoms with Gasteiger partial charge in [0.25, 0.3) is 0 Å². The molecule has 1 aromatic carbocycles. The Kier molecular flexibility index (Phi) is 5.00. The standard InChI is InChI=1S/C17H23N3O3/c21-16(19-13-7-3-1-4-8-13)18-11-15-12-20(17(22)23-15)14-9-5-2-6-10-14/h2,5-6,9-10,13,15H,1,3-4,7-8,11-12H2,(H2,18,19,21). The van der Waals surface area contributed by atoms with E-state index < -0.39 is 0 Å². The number of anilines is 1. The summed E-state index contributed by atoms with van der Waals surface area (Å²) < 4.78 is 5.31. The van der Waals surface area contributed by atoms with Crippen LogP contribution in [0.15, 0.2) is 30.3 Å². The Morgan fingerprint density at radius 2 is 1.91 bits per heavy atom. The molecular weight excluding hydrogens is 294 g/mol. The van der Waals surface area contributed by atoms with Gasteiger partial charge in [0.05, 0.1) is 13.1 Å². The van der Waals surface area contributed by atoms with Gasteiger partial charge in [-0.3, -0.25) is 4.90 Å². The average molecular weight is 317 g/mol. The largest absolute Gasteiger partial charge is 0.442 e. The normalized spacial score (nSPS) is 21.8. The van der Waals surface area contributed by atoms with Crippen LogP contribution in [0.5, 0.6) is 0 Å². The van der Waals surface area contributed by atoms with Gasteiger partial charge in [0.2, 0.25) is 0 Å². The first-order valence-electron chi connectivity index (χ1n) is 8.30. The van der Waals surface area contributed by atoms with Crippen molar-refractivity contribution in [3.05, 3.63) is 30.3 Å². The van der Waals surface area contributed by atoms with Crippen LogP contribution in [0, 0.1) is 0 Å². The molecule has 0 bridgehead atoms.